The maximum atomic E-state index is 12.6. The Bertz CT molecular complexity index is 1300. The molecule has 27 heavy (non-hydrogen) atoms. The number of imidazole rings is 1. The van der Waals surface area contributed by atoms with Gasteiger partial charge in [-0.1, -0.05) is 0 Å². The first-order valence-corrected chi connectivity index (χ1v) is 8.88. The molecule has 1 aliphatic heterocycles. The Morgan fingerprint density at radius 3 is 3.00 bits per heavy atom. The minimum Gasteiger partial charge on any atom is -0.491 e. The predicted octanol–water partition coefficient (Wildman–Crippen LogP) is 2.16. The van der Waals surface area contributed by atoms with E-state index in [0.29, 0.717) is 40.4 Å². The summed E-state index contributed by atoms with van der Waals surface area (Å²) in [5.41, 5.74) is 1.12. The van der Waals surface area contributed by atoms with Gasteiger partial charge in [-0.15, -0.1) is 0 Å². The van der Waals surface area contributed by atoms with E-state index < -0.39 is 0 Å². The summed E-state index contributed by atoms with van der Waals surface area (Å²) in [6.07, 6.45) is 5.08. The SMILES string of the molecule is CC1CCCOc2ccnc3[nH]c(=O)n(c23)-c2ccc3c(=O)ccn1c3n2. The van der Waals surface area contributed by atoms with Crippen molar-refractivity contribution in [1.29, 1.82) is 0 Å². The van der Waals surface area contributed by atoms with Crippen LogP contribution in [0.1, 0.15) is 25.8 Å². The number of nitrogens with zero attached hydrogens (tertiary/aromatic N) is 4. The fourth-order valence-corrected chi connectivity index (χ4v) is 3.65. The van der Waals surface area contributed by atoms with Crippen molar-refractivity contribution in [3.05, 3.63) is 57.4 Å². The van der Waals surface area contributed by atoms with Crippen molar-refractivity contribution in [3.63, 3.8) is 0 Å². The average Bonchev–Trinajstić information content (AvgIpc) is 3.00. The van der Waals surface area contributed by atoms with Crippen LogP contribution in [0, 0.1) is 0 Å². The number of aromatic amines is 1. The fraction of sp³-hybridized carbons (Fsp3) is 0.263. The molecular weight excluding hydrogens is 346 g/mol. The maximum absolute atomic E-state index is 12.6. The molecule has 0 radical (unpaired) electrons. The van der Waals surface area contributed by atoms with Crippen molar-refractivity contribution in [1.82, 2.24) is 24.1 Å². The lowest BCUT2D eigenvalue weighted by molar-refractivity contribution is 0.297. The molecule has 0 amide bonds. The molecule has 2 bridgehead atoms. The number of hydrogen-bond acceptors (Lipinski definition) is 5. The van der Waals surface area contributed by atoms with Crippen LogP contribution < -0.4 is 15.9 Å². The number of hydrogen-bond donors (Lipinski definition) is 1. The van der Waals surface area contributed by atoms with Crippen LogP contribution in [0.5, 0.6) is 5.75 Å². The Morgan fingerprint density at radius 1 is 1.22 bits per heavy atom. The fourth-order valence-electron chi connectivity index (χ4n) is 3.65. The van der Waals surface area contributed by atoms with E-state index >= 15 is 0 Å². The van der Waals surface area contributed by atoms with Gasteiger partial charge in [0.15, 0.2) is 11.1 Å². The molecule has 5 rings (SSSR count). The first-order chi connectivity index (χ1) is 13.1. The molecule has 136 valence electrons. The van der Waals surface area contributed by atoms with Crippen LogP contribution in [0.25, 0.3) is 28.0 Å². The molecule has 0 aliphatic carbocycles. The highest BCUT2D eigenvalue weighted by atomic mass is 16.5. The van der Waals surface area contributed by atoms with Gasteiger partial charge in [0.05, 0.1) is 12.0 Å². The van der Waals surface area contributed by atoms with Crippen molar-refractivity contribution in [2.75, 3.05) is 6.61 Å². The zero-order valence-electron chi connectivity index (χ0n) is 14.7. The van der Waals surface area contributed by atoms with Gasteiger partial charge in [-0.2, -0.15) is 0 Å². The van der Waals surface area contributed by atoms with Crippen molar-refractivity contribution < 1.29 is 4.74 Å². The summed E-state index contributed by atoms with van der Waals surface area (Å²) in [7, 11) is 0. The monoisotopic (exact) mass is 363 g/mol. The smallest absolute Gasteiger partial charge is 0.333 e. The van der Waals surface area contributed by atoms with Crippen LogP contribution in [-0.4, -0.2) is 30.7 Å². The molecular formula is C19H17N5O3. The molecule has 8 nitrogen and oxygen atoms in total. The topological polar surface area (TPSA) is 94.8 Å². The first kappa shape index (κ1) is 15.8. The number of H-pyrrole nitrogens is 1. The average molecular weight is 363 g/mol. The summed E-state index contributed by atoms with van der Waals surface area (Å²) < 4.78 is 9.39. The zero-order valence-corrected chi connectivity index (χ0v) is 14.7. The quantitative estimate of drug-likeness (QED) is 0.517. The van der Waals surface area contributed by atoms with Gasteiger partial charge in [0, 0.05) is 30.6 Å². The van der Waals surface area contributed by atoms with E-state index in [4.69, 9.17) is 4.74 Å². The molecule has 1 aliphatic rings. The lowest BCUT2D eigenvalue weighted by Crippen LogP contribution is -2.19. The third kappa shape index (κ3) is 2.37. The summed E-state index contributed by atoms with van der Waals surface area (Å²) in [6, 6.07) is 6.84. The molecule has 0 fully saturated rings. The number of pyridine rings is 3. The van der Waals surface area contributed by atoms with Gasteiger partial charge in [0.1, 0.15) is 22.7 Å². The second-order valence-corrected chi connectivity index (χ2v) is 6.74. The number of fused-ring (bicyclic) bond motifs is 2. The van der Waals surface area contributed by atoms with Crippen LogP contribution >= 0.6 is 0 Å². The standard InChI is InChI=1S/C19H17N5O3/c1-11-3-2-10-27-14-6-8-20-17-16(14)24(19(26)22-17)15-5-4-12-13(25)7-9-23(11)18(12)21-15/h4-9,11H,2-3,10H2,1H3,(H,20,22,26). The number of rotatable bonds is 0. The van der Waals surface area contributed by atoms with Crippen molar-refractivity contribution >= 4 is 22.2 Å². The summed E-state index contributed by atoms with van der Waals surface area (Å²) >= 11 is 0. The van der Waals surface area contributed by atoms with Crippen molar-refractivity contribution in [3.8, 4) is 11.6 Å². The van der Waals surface area contributed by atoms with E-state index in [0.717, 1.165) is 12.8 Å². The normalized spacial score (nSPS) is 16.9. The Kier molecular flexibility index (Phi) is 3.40. The van der Waals surface area contributed by atoms with Gasteiger partial charge < -0.3 is 9.30 Å². The number of ether oxygens (including phenoxy) is 1. The molecule has 1 N–H and O–H groups in total. The lowest BCUT2D eigenvalue weighted by Gasteiger charge is -2.19. The molecule has 4 aromatic rings. The number of nitrogens with one attached hydrogen (secondary N) is 1. The summed E-state index contributed by atoms with van der Waals surface area (Å²) in [5, 5.41) is 0.535. The second-order valence-electron chi connectivity index (χ2n) is 6.74. The Hall–Kier alpha value is -3.42. The molecule has 1 unspecified atom stereocenters. The van der Waals surface area contributed by atoms with E-state index in [-0.39, 0.29) is 17.2 Å². The Balaban J connectivity index is 1.92. The van der Waals surface area contributed by atoms with Gasteiger partial charge in [-0.05, 0) is 31.9 Å². The van der Waals surface area contributed by atoms with Gasteiger partial charge in [0.25, 0.3) is 0 Å². The first-order valence-electron chi connectivity index (χ1n) is 8.88. The Morgan fingerprint density at radius 2 is 2.11 bits per heavy atom. The highest BCUT2D eigenvalue weighted by Gasteiger charge is 2.19. The second kappa shape index (κ2) is 5.80. The highest BCUT2D eigenvalue weighted by Crippen LogP contribution is 2.26. The minimum absolute atomic E-state index is 0.0865. The number of aromatic nitrogens is 5. The summed E-state index contributed by atoms with van der Waals surface area (Å²) in [4.78, 5) is 36.6. The van der Waals surface area contributed by atoms with Crippen LogP contribution in [-0.2, 0) is 0 Å². The van der Waals surface area contributed by atoms with E-state index in [1.54, 1.807) is 36.7 Å². The Labute approximate surface area is 153 Å². The van der Waals surface area contributed by atoms with Gasteiger partial charge in [-0.3, -0.25) is 9.78 Å². The minimum atomic E-state index is -0.352. The van der Waals surface area contributed by atoms with Crippen molar-refractivity contribution in [2.45, 2.75) is 25.8 Å². The third-order valence-electron chi connectivity index (χ3n) is 5.02. The van der Waals surface area contributed by atoms with Gasteiger partial charge in [0.2, 0.25) is 0 Å². The third-order valence-corrected chi connectivity index (χ3v) is 5.02. The van der Waals surface area contributed by atoms with Gasteiger partial charge >= 0.3 is 5.69 Å². The van der Waals surface area contributed by atoms with Gasteiger partial charge in [-0.25, -0.2) is 19.3 Å². The largest absolute Gasteiger partial charge is 0.491 e. The lowest BCUT2D eigenvalue weighted by atomic mass is 10.1. The molecule has 8 heteroatoms. The summed E-state index contributed by atoms with van der Waals surface area (Å²) in [5.74, 6) is 1.00. The molecule has 0 saturated carbocycles. The van der Waals surface area contributed by atoms with E-state index in [2.05, 4.69) is 21.9 Å². The van der Waals surface area contributed by atoms with Crippen LogP contribution in [0.2, 0.25) is 0 Å². The van der Waals surface area contributed by atoms with Crippen LogP contribution in [0.3, 0.4) is 0 Å². The summed E-state index contributed by atoms with van der Waals surface area (Å²) in [6.45, 7) is 2.61. The maximum Gasteiger partial charge on any atom is 0.333 e. The highest BCUT2D eigenvalue weighted by molar-refractivity contribution is 5.81. The molecule has 0 saturated heterocycles. The van der Waals surface area contributed by atoms with Crippen LogP contribution in [0.4, 0.5) is 0 Å². The molecule has 4 aromatic heterocycles. The molecule has 0 aromatic carbocycles. The van der Waals surface area contributed by atoms with E-state index in [1.165, 1.54) is 4.57 Å². The van der Waals surface area contributed by atoms with E-state index in [1.807, 2.05) is 4.57 Å². The van der Waals surface area contributed by atoms with E-state index in [9.17, 15) is 9.59 Å². The van der Waals surface area contributed by atoms with Crippen LogP contribution in [0.15, 0.2) is 46.2 Å². The van der Waals surface area contributed by atoms with Crippen molar-refractivity contribution in [2.24, 2.45) is 0 Å². The molecule has 1 atom stereocenters. The zero-order chi connectivity index (χ0) is 18.5. The molecule has 5 heterocycles. The molecule has 0 spiro atoms. The predicted molar refractivity (Wildman–Crippen MR) is 101 cm³/mol.